The number of hydrogen-bond acceptors (Lipinski definition) is 0. The third-order valence-corrected chi connectivity index (χ3v) is 11.7. The maximum atomic E-state index is 2.70. The minimum atomic E-state index is 1.03. The van der Waals surface area contributed by atoms with Gasteiger partial charge >= 0.3 is 0 Å². The van der Waals surface area contributed by atoms with Gasteiger partial charge in [0.25, 0.3) is 0 Å². The molecular formula is C38H41N. The van der Waals surface area contributed by atoms with Gasteiger partial charge in [-0.15, -0.1) is 0 Å². The highest BCUT2D eigenvalue weighted by molar-refractivity contribution is 6.29. The van der Waals surface area contributed by atoms with Gasteiger partial charge < -0.3 is 4.40 Å². The SMILES string of the molecule is Cc1c(C)c(C)c2c(c1C)Cc1c-2c(C)c2c3c(C)c(C)c(C)c(C)c3n3c4c(C)c(C)c(C)c(C)c4c1c23. The van der Waals surface area contributed by atoms with E-state index in [9.17, 15) is 0 Å². The molecule has 0 bridgehead atoms. The first-order valence-corrected chi connectivity index (χ1v) is 14.6. The van der Waals surface area contributed by atoms with Gasteiger partial charge in [0, 0.05) is 21.5 Å². The minimum absolute atomic E-state index is 1.03. The molecule has 0 saturated heterocycles. The highest BCUT2D eigenvalue weighted by Gasteiger charge is 2.34. The van der Waals surface area contributed by atoms with E-state index in [-0.39, 0.29) is 0 Å². The lowest BCUT2D eigenvalue weighted by atomic mass is 9.85. The van der Waals surface area contributed by atoms with Crippen LogP contribution >= 0.6 is 0 Å². The maximum absolute atomic E-state index is 2.70. The second-order valence-corrected chi connectivity index (χ2v) is 12.9. The van der Waals surface area contributed by atoms with Crippen molar-refractivity contribution in [2.45, 2.75) is 96.4 Å². The summed E-state index contributed by atoms with van der Waals surface area (Å²) in [5.41, 5.74) is 29.3. The predicted octanol–water partition coefficient (Wildman–Crippen LogP) is 10.4. The second-order valence-electron chi connectivity index (χ2n) is 12.9. The van der Waals surface area contributed by atoms with Gasteiger partial charge in [-0.2, -0.15) is 0 Å². The van der Waals surface area contributed by atoms with Crippen molar-refractivity contribution in [3.63, 3.8) is 0 Å². The monoisotopic (exact) mass is 511 g/mol. The van der Waals surface area contributed by atoms with Crippen molar-refractivity contribution in [3.05, 3.63) is 83.5 Å². The Morgan fingerprint density at radius 2 is 0.692 bits per heavy atom. The third kappa shape index (κ3) is 2.54. The number of benzene rings is 4. The van der Waals surface area contributed by atoms with Crippen LogP contribution in [0.4, 0.5) is 0 Å². The molecule has 0 N–H and O–H groups in total. The topological polar surface area (TPSA) is 4.41 Å². The van der Waals surface area contributed by atoms with Gasteiger partial charge in [-0.1, -0.05) is 0 Å². The van der Waals surface area contributed by atoms with Crippen LogP contribution in [0.1, 0.15) is 83.5 Å². The summed E-state index contributed by atoms with van der Waals surface area (Å²) < 4.78 is 2.70. The van der Waals surface area contributed by atoms with Crippen LogP contribution in [0.3, 0.4) is 0 Å². The molecule has 0 aliphatic heterocycles. The summed E-state index contributed by atoms with van der Waals surface area (Å²) in [4.78, 5) is 0. The number of nitrogens with zero attached hydrogens (tertiary/aromatic N) is 1. The fourth-order valence-electron chi connectivity index (χ4n) is 8.45. The van der Waals surface area contributed by atoms with Gasteiger partial charge in [-0.05, 0) is 191 Å². The van der Waals surface area contributed by atoms with Crippen molar-refractivity contribution in [2.75, 3.05) is 0 Å². The predicted molar refractivity (Wildman–Crippen MR) is 171 cm³/mol. The molecule has 6 aromatic rings. The van der Waals surface area contributed by atoms with Crippen molar-refractivity contribution < 1.29 is 0 Å². The van der Waals surface area contributed by atoms with Crippen LogP contribution in [0.2, 0.25) is 0 Å². The lowest BCUT2D eigenvalue weighted by Gasteiger charge is -2.18. The van der Waals surface area contributed by atoms with Crippen LogP contribution in [0.15, 0.2) is 0 Å². The van der Waals surface area contributed by atoms with Crippen molar-refractivity contribution in [3.8, 4) is 11.1 Å². The zero-order valence-corrected chi connectivity index (χ0v) is 26.2. The Hall–Kier alpha value is -3.32. The first-order chi connectivity index (χ1) is 18.3. The molecule has 0 amide bonds. The van der Waals surface area contributed by atoms with Crippen molar-refractivity contribution in [2.24, 2.45) is 0 Å². The summed E-state index contributed by atoms with van der Waals surface area (Å²) in [7, 11) is 0. The molecule has 39 heavy (non-hydrogen) atoms. The van der Waals surface area contributed by atoms with E-state index in [1.54, 1.807) is 11.1 Å². The Morgan fingerprint density at radius 3 is 1.23 bits per heavy atom. The van der Waals surface area contributed by atoms with E-state index in [4.69, 9.17) is 0 Å². The van der Waals surface area contributed by atoms with Crippen LogP contribution in [0.5, 0.6) is 0 Å². The van der Waals surface area contributed by atoms with Crippen LogP contribution in [0, 0.1) is 90.0 Å². The summed E-state index contributed by atoms with van der Waals surface area (Å²) in [5.74, 6) is 0. The molecule has 0 unspecified atom stereocenters. The fourth-order valence-corrected chi connectivity index (χ4v) is 8.45. The summed E-state index contributed by atoms with van der Waals surface area (Å²) >= 11 is 0. The molecule has 0 spiro atoms. The normalized spacial score (nSPS) is 13.2. The standard InChI is InChI=1S/C38H41N/c1-15-16(2)22(8)30-28(21(15)7)14-29-31(30)27(13)34-32-23(9)17(3)19(5)25(11)36(32)39-37-26(12)20(6)18(4)24(10)33(37)35(29)38(34)39/h14H2,1-13H3. The van der Waals surface area contributed by atoms with Gasteiger partial charge in [0.2, 0.25) is 0 Å². The smallest absolute Gasteiger partial charge is 0.0626 e. The molecule has 0 radical (unpaired) electrons. The molecule has 2 heterocycles. The van der Waals surface area contributed by atoms with Gasteiger partial charge in [0.15, 0.2) is 0 Å². The molecule has 1 nitrogen and oxygen atoms in total. The number of rotatable bonds is 0. The van der Waals surface area contributed by atoms with Crippen LogP contribution < -0.4 is 0 Å². The molecule has 4 aromatic carbocycles. The quantitative estimate of drug-likeness (QED) is 0.191. The Bertz CT molecular complexity index is 2140. The largest absolute Gasteiger partial charge is 0.307 e. The highest BCUT2D eigenvalue weighted by atomic mass is 14.9. The van der Waals surface area contributed by atoms with E-state index in [0.29, 0.717) is 0 Å². The van der Waals surface area contributed by atoms with Crippen molar-refractivity contribution in [1.82, 2.24) is 4.40 Å². The lowest BCUT2D eigenvalue weighted by molar-refractivity contribution is 1.15. The highest BCUT2D eigenvalue weighted by Crippen LogP contribution is 2.55. The Morgan fingerprint density at radius 1 is 0.308 bits per heavy atom. The average Bonchev–Trinajstić information content (AvgIpc) is 3.58. The first kappa shape index (κ1) is 24.7. The van der Waals surface area contributed by atoms with E-state index in [1.165, 1.54) is 122 Å². The molecule has 1 aliphatic rings. The number of hydrogen-bond donors (Lipinski definition) is 0. The van der Waals surface area contributed by atoms with Gasteiger partial charge in [0.05, 0.1) is 16.6 Å². The molecule has 0 atom stereocenters. The first-order valence-electron chi connectivity index (χ1n) is 14.6. The summed E-state index contributed by atoms with van der Waals surface area (Å²) in [6.45, 7) is 30.5. The molecule has 1 heteroatoms. The number of aromatic nitrogens is 1. The Labute approximate surface area is 233 Å². The van der Waals surface area contributed by atoms with E-state index >= 15 is 0 Å². The second kappa shape index (κ2) is 7.45. The number of fused-ring (bicyclic) bond motifs is 10. The molecule has 7 rings (SSSR count). The summed E-state index contributed by atoms with van der Waals surface area (Å²) in [6, 6.07) is 0. The minimum Gasteiger partial charge on any atom is -0.307 e. The van der Waals surface area contributed by atoms with Crippen molar-refractivity contribution in [1.29, 1.82) is 0 Å². The molecule has 0 fully saturated rings. The van der Waals surface area contributed by atoms with Gasteiger partial charge in [-0.25, -0.2) is 0 Å². The van der Waals surface area contributed by atoms with E-state index < -0.39 is 0 Å². The Balaban J connectivity index is 1.91. The molecule has 198 valence electrons. The van der Waals surface area contributed by atoms with Gasteiger partial charge in [-0.3, -0.25) is 0 Å². The molecular weight excluding hydrogens is 470 g/mol. The van der Waals surface area contributed by atoms with E-state index in [2.05, 4.69) is 94.4 Å². The molecule has 0 saturated carbocycles. The van der Waals surface area contributed by atoms with Gasteiger partial charge in [0.1, 0.15) is 0 Å². The fraction of sp³-hybridized carbons (Fsp3) is 0.368. The average molecular weight is 512 g/mol. The zero-order valence-electron chi connectivity index (χ0n) is 26.2. The number of aryl methyl sites for hydroxylation is 5. The Kier molecular flexibility index (Phi) is 4.72. The summed E-state index contributed by atoms with van der Waals surface area (Å²) in [6.07, 6.45) is 1.03. The van der Waals surface area contributed by atoms with Crippen molar-refractivity contribution >= 4 is 38.1 Å². The van der Waals surface area contributed by atoms with E-state index in [1.807, 2.05) is 0 Å². The maximum Gasteiger partial charge on any atom is 0.0626 e. The van der Waals surface area contributed by atoms with E-state index in [0.717, 1.165) is 6.42 Å². The van der Waals surface area contributed by atoms with Crippen LogP contribution in [-0.2, 0) is 6.42 Å². The van der Waals surface area contributed by atoms with Crippen LogP contribution in [0.25, 0.3) is 49.2 Å². The lowest BCUT2D eigenvalue weighted by Crippen LogP contribution is -1.98. The molecule has 2 aromatic heterocycles. The zero-order chi connectivity index (χ0) is 28.1. The molecule has 1 aliphatic carbocycles. The third-order valence-electron chi connectivity index (χ3n) is 11.7. The van der Waals surface area contributed by atoms with Crippen LogP contribution in [-0.4, -0.2) is 4.40 Å². The summed E-state index contributed by atoms with van der Waals surface area (Å²) in [5, 5.41) is 5.95.